The molecule has 0 aromatic carbocycles. The van der Waals surface area contributed by atoms with Crippen LogP contribution < -0.4 is 4.72 Å². The van der Waals surface area contributed by atoms with Crippen LogP contribution in [0.1, 0.15) is 35.1 Å². The highest BCUT2D eigenvalue weighted by molar-refractivity contribution is 7.89. The Morgan fingerprint density at radius 3 is 2.33 bits per heavy atom. The van der Waals surface area contributed by atoms with Gasteiger partial charge in [-0.15, -0.1) is 11.3 Å². The Morgan fingerprint density at radius 1 is 1.29 bits per heavy atom. The molecule has 0 bridgehead atoms. The molecule has 0 amide bonds. The molecule has 116 valence electrons. The van der Waals surface area contributed by atoms with Gasteiger partial charge in [0, 0.05) is 18.1 Å². The van der Waals surface area contributed by atoms with E-state index in [9.17, 15) is 8.42 Å². The molecule has 2 rings (SSSR count). The van der Waals surface area contributed by atoms with E-state index < -0.39 is 15.6 Å². The van der Waals surface area contributed by atoms with Crippen LogP contribution in [-0.4, -0.2) is 23.2 Å². The molecule has 0 saturated heterocycles. The number of thiazole rings is 1. The molecule has 6 nitrogen and oxygen atoms in total. The zero-order valence-electron chi connectivity index (χ0n) is 13.1. The molecule has 0 aliphatic rings. The Morgan fingerprint density at radius 2 is 1.90 bits per heavy atom. The lowest BCUT2D eigenvalue weighted by atomic mass is 10.1. The second-order valence-corrected chi connectivity index (χ2v) is 8.48. The highest BCUT2D eigenvalue weighted by Crippen LogP contribution is 2.28. The van der Waals surface area contributed by atoms with Crippen LogP contribution >= 0.6 is 11.3 Å². The molecule has 0 aliphatic carbocycles. The average molecular weight is 328 g/mol. The van der Waals surface area contributed by atoms with Crippen molar-refractivity contribution in [2.24, 2.45) is 7.05 Å². The molecule has 0 fully saturated rings. The zero-order chi connectivity index (χ0) is 16.0. The molecule has 2 aromatic heterocycles. The third kappa shape index (κ3) is 3.02. The first-order chi connectivity index (χ1) is 9.54. The fourth-order valence-corrected chi connectivity index (χ4v) is 4.93. The van der Waals surface area contributed by atoms with Gasteiger partial charge in [-0.2, -0.15) is 9.82 Å². The Hall–Kier alpha value is -1.25. The quantitative estimate of drug-likeness (QED) is 0.931. The van der Waals surface area contributed by atoms with Crippen LogP contribution in [0.15, 0.2) is 11.1 Å². The molecular formula is C13H20N4O2S2. The summed E-state index contributed by atoms with van der Waals surface area (Å²) in [6, 6.07) is 0. The van der Waals surface area contributed by atoms with Gasteiger partial charge in [-0.25, -0.2) is 13.4 Å². The van der Waals surface area contributed by atoms with Crippen molar-refractivity contribution in [3.05, 3.63) is 27.5 Å². The number of aromatic nitrogens is 3. The highest BCUT2D eigenvalue weighted by Gasteiger charge is 2.33. The first-order valence-corrected chi connectivity index (χ1v) is 8.81. The summed E-state index contributed by atoms with van der Waals surface area (Å²) in [4.78, 5) is 5.58. The third-order valence-electron chi connectivity index (χ3n) is 3.26. The van der Waals surface area contributed by atoms with Crippen LogP contribution in [0.25, 0.3) is 0 Å². The summed E-state index contributed by atoms with van der Waals surface area (Å²) in [5.41, 5.74) is 0.340. The van der Waals surface area contributed by atoms with E-state index >= 15 is 0 Å². The van der Waals surface area contributed by atoms with Gasteiger partial charge in [0.25, 0.3) is 0 Å². The van der Waals surface area contributed by atoms with Gasteiger partial charge >= 0.3 is 0 Å². The topological polar surface area (TPSA) is 76.9 Å². The summed E-state index contributed by atoms with van der Waals surface area (Å²) >= 11 is 1.49. The fraction of sp³-hybridized carbons (Fsp3) is 0.538. The van der Waals surface area contributed by atoms with Crippen LogP contribution in [-0.2, 0) is 22.6 Å². The summed E-state index contributed by atoms with van der Waals surface area (Å²) in [6.07, 6.45) is 1.75. The highest BCUT2D eigenvalue weighted by atomic mass is 32.2. The molecular weight excluding hydrogens is 308 g/mol. The smallest absolute Gasteiger partial charge is 0.245 e. The van der Waals surface area contributed by atoms with Crippen LogP contribution in [0.5, 0.6) is 0 Å². The summed E-state index contributed by atoms with van der Waals surface area (Å²) in [6.45, 7) is 9.01. The molecule has 0 atom stereocenters. The molecule has 0 unspecified atom stereocenters. The second kappa shape index (κ2) is 5.19. The number of aryl methyl sites for hydroxylation is 3. The van der Waals surface area contributed by atoms with Crippen molar-refractivity contribution in [2.45, 2.75) is 45.1 Å². The van der Waals surface area contributed by atoms with Gasteiger partial charge in [0.2, 0.25) is 10.0 Å². The second-order valence-electron chi connectivity index (χ2n) is 5.63. The van der Waals surface area contributed by atoms with Crippen LogP contribution in [0.4, 0.5) is 0 Å². The largest absolute Gasteiger partial charge is 0.271 e. The number of hydrogen-bond acceptors (Lipinski definition) is 5. The summed E-state index contributed by atoms with van der Waals surface area (Å²) in [5.74, 6) is 0. The first kappa shape index (κ1) is 16.1. The van der Waals surface area contributed by atoms with Gasteiger partial charge in [-0.05, 0) is 34.6 Å². The predicted molar refractivity (Wildman–Crippen MR) is 82.9 cm³/mol. The molecule has 21 heavy (non-hydrogen) atoms. The number of hydrogen-bond donors (Lipinski definition) is 1. The van der Waals surface area contributed by atoms with E-state index in [-0.39, 0.29) is 4.90 Å². The SMILES string of the molecule is Cc1cnc(C(C)(C)NS(=O)(=O)c2c(C)nn(C)c2C)s1. The first-order valence-electron chi connectivity index (χ1n) is 6.51. The van der Waals surface area contributed by atoms with Crippen LogP contribution in [0.3, 0.4) is 0 Å². The van der Waals surface area contributed by atoms with Crippen LogP contribution in [0, 0.1) is 20.8 Å². The number of rotatable bonds is 4. The van der Waals surface area contributed by atoms with Gasteiger partial charge in [-0.1, -0.05) is 0 Å². The normalized spacial score (nSPS) is 12.9. The number of sulfonamides is 1. The van der Waals surface area contributed by atoms with Crippen molar-refractivity contribution in [3.63, 3.8) is 0 Å². The van der Waals surface area contributed by atoms with Gasteiger partial charge in [-0.3, -0.25) is 4.68 Å². The third-order valence-corrected chi connectivity index (χ3v) is 6.40. The van der Waals surface area contributed by atoms with Gasteiger partial charge in [0.15, 0.2) is 0 Å². The summed E-state index contributed by atoms with van der Waals surface area (Å²) < 4.78 is 29.7. The minimum absolute atomic E-state index is 0.242. The maximum atomic E-state index is 12.7. The van der Waals surface area contributed by atoms with Gasteiger partial charge in [0.1, 0.15) is 9.90 Å². The van der Waals surface area contributed by atoms with E-state index in [1.807, 2.05) is 20.8 Å². The maximum absolute atomic E-state index is 12.7. The molecule has 2 heterocycles. The predicted octanol–water partition coefficient (Wildman–Crippen LogP) is 2.02. The van der Waals surface area contributed by atoms with E-state index in [0.717, 1.165) is 9.88 Å². The molecule has 0 spiro atoms. The van der Waals surface area contributed by atoms with Crippen LogP contribution in [0.2, 0.25) is 0 Å². The monoisotopic (exact) mass is 328 g/mol. The Labute approximate surface area is 129 Å². The standard InChI is InChI=1S/C13H20N4O2S2/c1-8-7-14-12(20-8)13(4,5)16-21(18,19)11-9(2)15-17(6)10(11)3/h7,16H,1-6H3. The molecule has 0 saturated carbocycles. The van der Waals surface area contributed by atoms with E-state index in [0.29, 0.717) is 11.4 Å². The molecule has 8 heteroatoms. The van der Waals surface area contributed by atoms with E-state index in [4.69, 9.17) is 0 Å². The fourth-order valence-electron chi connectivity index (χ4n) is 2.22. The zero-order valence-corrected chi connectivity index (χ0v) is 14.7. The maximum Gasteiger partial charge on any atom is 0.245 e. The number of nitrogens with one attached hydrogen (secondary N) is 1. The van der Waals surface area contributed by atoms with Crippen molar-refractivity contribution >= 4 is 21.4 Å². The lowest BCUT2D eigenvalue weighted by Gasteiger charge is -2.23. The number of nitrogens with zero attached hydrogens (tertiary/aromatic N) is 3. The average Bonchev–Trinajstić information content (AvgIpc) is 2.83. The van der Waals surface area contributed by atoms with Crippen molar-refractivity contribution in [2.75, 3.05) is 0 Å². The molecule has 1 N–H and O–H groups in total. The van der Waals surface area contributed by atoms with E-state index in [2.05, 4.69) is 14.8 Å². The van der Waals surface area contributed by atoms with Crippen molar-refractivity contribution in [1.82, 2.24) is 19.5 Å². The van der Waals surface area contributed by atoms with Crippen molar-refractivity contribution in [3.8, 4) is 0 Å². The van der Waals surface area contributed by atoms with E-state index in [1.165, 1.54) is 11.3 Å². The minimum Gasteiger partial charge on any atom is -0.271 e. The van der Waals surface area contributed by atoms with Gasteiger partial charge < -0.3 is 0 Å². The summed E-state index contributed by atoms with van der Waals surface area (Å²) in [7, 11) is -1.93. The van der Waals surface area contributed by atoms with E-state index in [1.54, 1.807) is 31.8 Å². The van der Waals surface area contributed by atoms with Gasteiger partial charge in [0.05, 0.1) is 16.9 Å². The molecule has 0 aliphatic heterocycles. The summed E-state index contributed by atoms with van der Waals surface area (Å²) in [5, 5.41) is 4.91. The lowest BCUT2D eigenvalue weighted by Crippen LogP contribution is -2.41. The Bertz CT molecular complexity index is 772. The Kier molecular flexibility index (Phi) is 3.98. The van der Waals surface area contributed by atoms with Crippen molar-refractivity contribution in [1.29, 1.82) is 0 Å². The lowest BCUT2D eigenvalue weighted by molar-refractivity contribution is 0.469. The molecule has 2 aromatic rings. The Balaban J connectivity index is 2.42. The molecule has 0 radical (unpaired) electrons. The van der Waals surface area contributed by atoms with Crippen molar-refractivity contribution < 1.29 is 8.42 Å². The minimum atomic E-state index is -3.66.